The lowest BCUT2D eigenvalue weighted by molar-refractivity contribution is -0.148. The summed E-state index contributed by atoms with van der Waals surface area (Å²) in [5.74, 6) is 0.619. The van der Waals surface area contributed by atoms with E-state index in [0.717, 1.165) is 52.4 Å². The molecule has 0 bridgehead atoms. The van der Waals surface area contributed by atoms with E-state index in [1.165, 1.54) is 11.1 Å². The number of hydrogen-bond donors (Lipinski definition) is 0. The maximum absolute atomic E-state index is 13.6. The molecule has 1 saturated carbocycles. The van der Waals surface area contributed by atoms with Gasteiger partial charge in [-0.3, -0.25) is 9.59 Å². The van der Waals surface area contributed by atoms with Gasteiger partial charge in [-0.2, -0.15) is 9.78 Å². The third-order valence-corrected chi connectivity index (χ3v) is 7.10. The second kappa shape index (κ2) is 10.4. The Hall–Kier alpha value is -3.26. The van der Waals surface area contributed by atoms with Crippen molar-refractivity contribution in [3.8, 4) is 0 Å². The van der Waals surface area contributed by atoms with Gasteiger partial charge >= 0.3 is 5.97 Å². The van der Waals surface area contributed by atoms with Gasteiger partial charge in [-0.25, -0.2) is 4.98 Å². The largest absolute Gasteiger partial charge is 0.462 e. The van der Waals surface area contributed by atoms with E-state index in [0.29, 0.717) is 10.9 Å². The molecule has 0 radical (unpaired) electrons. The second-order valence-electron chi connectivity index (χ2n) is 9.60. The van der Waals surface area contributed by atoms with E-state index in [-0.39, 0.29) is 30.1 Å². The van der Waals surface area contributed by atoms with Crippen molar-refractivity contribution in [3.05, 3.63) is 74.9 Å². The van der Waals surface area contributed by atoms with Crippen LogP contribution in [0.25, 0.3) is 21.8 Å². The number of aromatic nitrogens is 3. The lowest BCUT2D eigenvalue weighted by atomic mass is 9.88. The van der Waals surface area contributed by atoms with Gasteiger partial charge in [-0.15, -0.1) is 0 Å². The second-order valence-corrected chi connectivity index (χ2v) is 10.5. The number of carbonyl (C=O) groups excluding carboxylic acids is 1. The molecule has 2 heterocycles. The number of fused-ring (bicyclic) bond motifs is 2. The van der Waals surface area contributed by atoms with Crippen LogP contribution in [0.15, 0.2) is 63.0 Å². The molecule has 7 nitrogen and oxygen atoms in total. The molecule has 0 amide bonds. The first-order valence-electron chi connectivity index (χ1n) is 12.4. The monoisotopic (exact) mass is 548 g/mol. The van der Waals surface area contributed by atoms with Crippen LogP contribution in [0.3, 0.4) is 0 Å². The number of rotatable bonds is 6. The summed E-state index contributed by atoms with van der Waals surface area (Å²) in [5.41, 5.74) is 2.23. The Morgan fingerprint density at radius 2 is 1.94 bits per heavy atom. The van der Waals surface area contributed by atoms with Crippen LogP contribution in [-0.4, -0.2) is 32.5 Å². The Bertz CT molecular complexity index is 1510. The Balaban J connectivity index is 1.59. The van der Waals surface area contributed by atoms with Crippen LogP contribution in [0.4, 0.5) is 0 Å². The summed E-state index contributed by atoms with van der Waals surface area (Å²) in [4.78, 5) is 30.9. The summed E-state index contributed by atoms with van der Waals surface area (Å²) in [6.07, 6.45) is 8.88. The first-order valence-corrected chi connectivity index (χ1v) is 13.2. The summed E-state index contributed by atoms with van der Waals surface area (Å²) < 4.78 is 9.50. The minimum absolute atomic E-state index is 0.103. The van der Waals surface area contributed by atoms with Gasteiger partial charge in [0.15, 0.2) is 0 Å². The molecule has 1 fully saturated rings. The molecule has 0 saturated heterocycles. The van der Waals surface area contributed by atoms with Crippen molar-refractivity contribution in [1.29, 1.82) is 0 Å². The van der Waals surface area contributed by atoms with Crippen LogP contribution < -0.4 is 5.56 Å². The third kappa shape index (κ3) is 5.00. The number of esters is 1. The van der Waals surface area contributed by atoms with Gasteiger partial charge in [0.25, 0.3) is 5.56 Å². The molecule has 4 aromatic rings. The van der Waals surface area contributed by atoms with E-state index in [1.54, 1.807) is 12.3 Å². The highest BCUT2D eigenvalue weighted by Crippen LogP contribution is 2.32. The minimum Gasteiger partial charge on any atom is -0.462 e. The van der Waals surface area contributed by atoms with Crippen LogP contribution >= 0.6 is 15.9 Å². The molecule has 0 atom stereocenters. The van der Waals surface area contributed by atoms with E-state index >= 15 is 0 Å². The average molecular weight is 549 g/mol. The molecule has 0 unspecified atom stereocenters. The fraction of sp³-hybridized carbons (Fsp3) is 0.357. The molecule has 1 aliphatic carbocycles. The summed E-state index contributed by atoms with van der Waals surface area (Å²) in [6.45, 7) is 3.77. The first-order chi connectivity index (χ1) is 17.4. The molecule has 186 valence electrons. The van der Waals surface area contributed by atoms with Crippen molar-refractivity contribution in [3.63, 3.8) is 0 Å². The van der Waals surface area contributed by atoms with Crippen molar-refractivity contribution in [2.75, 3.05) is 0 Å². The topological polar surface area (TPSA) is 78.5 Å². The number of hydrogen-bond acceptors (Lipinski definition) is 5. The molecular formula is C28H29BrN4O3. The normalized spacial score (nSPS) is 14.9. The van der Waals surface area contributed by atoms with E-state index < -0.39 is 0 Å². The lowest BCUT2D eigenvalue weighted by Gasteiger charge is -2.22. The van der Waals surface area contributed by atoms with Gasteiger partial charge in [0.1, 0.15) is 12.4 Å². The van der Waals surface area contributed by atoms with E-state index in [2.05, 4.69) is 15.9 Å². The number of halogens is 1. The van der Waals surface area contributed by atoms with Crippen molar-refractivity contribution in [1.82, 2.24) is 14.2 Å². The Labute approximate surface area is 217 Å². The van der Waals surface area contributed by atoms with Gasteiger partial charge in [0.2, 0.25) is 0 Å². The minimum atomic E-state index is -0.297. The van der Waals surface area contributed by atoms with Gasteiger partial charge in [0, 0.05) is 33.1 Å². The number of nitrogens with zero attached hydrogens (tertiary/aromatic N) is 4. The van der Waals surface area contributed by atoms with Crippen LogP contribution in [0.1, 0.15) is 63.3 Å². The van der Waals surface area contributed by atoms with Gasteiger partial charge in [-0.05, 0) is 51.0 Å². The predicted molar refractivity (Wildman–Crippen MR) is 146 cm³/mol. The smallest absolute Gasteiger partial charge is 0.326 e. The Morgan fingerprint density at radius 1 is 1.17 bits per heavy atom. The molecule has 2 aromatic heterocycles. The van der Waals surface area contributed by atoms with Crippen LogP contribution in [-0.2, 0) is 16.1 Å². The molecule has 0 N–H and O–H groups in total. The number of para-hydroxylation sites is 1. The molecule has 0 spiro atoms. The zero-order valence-corrected chi connectivity index (χ0v) is 22.1. The van der Waals surface area contributed by atoms with Crippen molar-refractivity contribution >= 4 is 49.9 Å². The Morgan fingerprint density at radius 3 is 2.72 bits per heavy atom. The quantitative estimate of drug-likeness (QED) is 0.219. The van der Waals surface area contributed by atoms with Crippen molar-refractivity contribution in [2.24, 2.45) is 5.10 Å². The van der Waals surface area contributed by atoms with Crippen LogP contribution in [0, 0.1) is 0 Å². The van der Waals surface area contributed by atoms with Gasteiger partial charge in [-0.1, -0.05) is 53.4 Å². The number of ether oxygens (including phenoxy) is 1. The van der Waals surface area contributed by atoms with E-state index in [1.807, 2.05) is 61.0 Å². The van der Waals surface area contributed by atoms with Crippen LogP contribution in [0.2, 0.25) is 0 Å². The Kier molecular flexibility index (Phi) is 7.05. The average Bonchev–Trinajstić information content (AvgIpc) is 3.21. The number of benzene rings is 2. The molecular weight excluding hydrogens is 520 g/mol. The standard InChI is InChI=1S/C28H29BrN4O3/c1-18(2)36-26(34)17-32-16-20(22-10-6-7-11-25(22)32)15-30-33-27(19-8-4-3-5-9-19)31-24-13-12-21(29)14-23(24)28(33)35/h6-7,10-16,18-19H,3-5,8-9,17H2,1-2H3. The molecule has 8 heteroatoms. The maximum Gasteiger partial charge on any atom is 0.326 e. The molecule has 1 aliphatic rings. The molecule has 36 heavy (non-hydrogen) atoms. The molecule has 2 aromatic carbocycles. The summed E-state index contributed by atoms with van der Waals surface area (Å²) in [5, 5.41) is 6.17. The first kappa shape index (κ1) is 24.4. The maximum atomic E-state index is 13.6. The summed E-state index contributed by atoms with van der Waals surface area (Å²) >= 11 is 3.47. The van der Waals surface area contributed by atoms with E-state index in [9.17, 15) is 9.59 Å². The lowest BCUT2D eigenvalue weighted by Crippen LogP contribution is -2.25. The zero-order chi connectivity index (χ0) is 25.2. The zero-order valence-electron chi connectivity index (χ0n) is 20.5. The highest BCUT2D eigenvalue weighted by molar-refractivity contribution is 9.10. The third-order valence-electron chi connectivity index (χ3n) is 6.60. The summed E-state index contributed by atoms with van der Waals surface area (Å²) in [6, 6.07) is 13.4. The van der Waals surface area contributed by atoms with Gasteiger partial charge < -0.3 is 9.30 Å². The number of carbonyl (C=O) groups is 1. The van der Waals surface area contributed by atoms with Crippen LogP contribution in [0.5, 0.6) is 0 Å². The fourth-order valence-electron chi connectivity index (χ4n) is 4.97. The highest BCUT2D eigenvalue weighted by Gasteiger charge is 2.22. The van der Waals surface area contributed by atoms with E-state index in [4.69, 9.17) is 14.8 Å². The SMILES string of the molecule is CC(C)OC(=O)Cn1cc(C=Nn2c(C3CCCCC3)nc3ccc(Br)cc3c2=O)c2ccccc21. The van der Waals surface area contributed by atoms with Crippen molar-refractivity contribution < 1.29 is 9.53 Å². The van der Waals surface area contributed by atoms with Crippen molar-refractivity contribution in [2.45, 2.75) is 64.5 Å². The fourth-order valence-corrected chi connectivity index (χ4v) is 5.33. The summed E-state index contributed by atoms with van der Waals surface area (Å²) in [7, 11) is 0. The predicted octanol–water partition coefficient (Wildman–Crippen LogP) is 6.00. The molecule has 0 aliphatic heterocycles. The highest BCUT2D eigenvalue weighted by atomic mass is 79.9. The van der Waals surface area contributed by atoms with Gasteiger partial charge in [0.05, 0.1) is 23.2 Å². The molecule has 5 rings (SSSR count).